The maximum atomic E-state index is 5.66. The van der Waals surface area contributed by atoms with Crippen molar-refractivity contribution in [3.05, 3.63) is 42.5 Å². The molecule has 0 radical (unpaired) electrons. The second kappa shape index (κ2) is 5.04. The van der Waals surface area contributed by atoms with E-state index in [-0.39, 0.29) is 0 Å². The third-order valence-corrected chi connectivity index (χ3v) is 4.11. The quantitative estimate of drug-likeness (QED) is 0.521. The molecule has 0 bridgehead atoms. The molecule has 0 spiro atoms. The molecule has 3 rings (SSSR count). The second-order valence-electron chi connectivity index (χ2n) is 4.66. The molecule has 19 heavy (non-hydrogen) atoms. The van der Waals surface area contributed by atoms with Gasteiger partial charge in [0, 0.05) is 0 Å². The first-order valence-corrected chi connectivity index (χ1v) is 7.29. The number of methoxy groups -OCH3 is 2. The van der Waals surface area contributed by atoms with Gasteiger partial charge in [-0.05, 0) is 0 Å². The number of fused-ring (bicyclic) bond motifs is 2. The van der Waals surface area contributed by atoms with E-state index in [2.05, 4.69) is 30.3 Å². The molecule has 3 heteroatoms. The Morgan fingerprint density at radius 1 is 0.737 bits per heavy atom. The summed E-state index contributed by atoms with van der Waals surface area (Å²) in [6.45, 7) is 0. The first-order chi connectivity index (χ1) is 9.26. The molecule has 0 saturated heterocycles. The van der Waals surface area contributed by atoms with E-state index in [0.29, 0.717) is 0 Å². The van der Waals surface area contributed by atoms with Crippen molar-refractivity contribution in [3.63, 3.8) is 0 Å². The molecule has 0 amide bonds. The van der Waals surface area contributed by atoms with Crippen LogP contribution in [-0.2, 0) is 0 Å². The normalized spacial score (nSPS) is 10.9. The van der Waals surface area contributed by atoms with Gasteiger partial charge in [0.05, 0.1) is 0 Å². The minimum absolute atomic E-state index is 0.924. The molecule has 0 fully saturated rings. The van der Waals surface area contributed by atoms with E-state index in [1.165, 1.54) is 2.81 Å². The van der Waals surface area contributed by atoms with Crippen LogP contribution in [0.25, 0.3) is 21.5 Å². The molecule has 0 atom stereocenters. The molecule has 3 aromatic carbocycles. The molecule has 3 aromatic rings. The van der Waals surface area contributed by atoms with Crippen molar-refractivity contribution >= 4 is 52.3 Å². The summed E-state index contributed by atoms with van der Waals surface area (Å²) in [7, 11) is 3.45. The van der Waals surface area contributed by atoms with Gasteiger partial charge in [0.2, 0.25) is 0 Å². The SMILES string of the molecule is COc1c2ccccc2c(OC)c2c[c]([Na])ccc12. The number of benzene rings is 3. The number of hydrogen-bond donors (Lipinski definition) is 0. The molecule has 2 nitrogen and oxygen atoms in total. The Balaban J connectivity index is 2.60. The van der Waals surface area contributed by atoms with Crippen LogP contribution in [0.15, 0.2) is 42.5 Å². The summed E-state index contributed by atoms with van der Waals surface area (Å²) < 4.78 is 12.6. The summed E-state index contributed by atoms with van der Waals surface area (Å²) in [5.41, 5.74) is 0. The second-order valence-corrected chi connectivity index (χ2v) is 5.82. The van der Waals surface area contributed by atoms with Gasteiger partial charge in [-0.15, -0.1) is 0 Å². The van der Waals surface area contributed by atoms with Crippen LogP contribution in [-0.4, -0.2) is 42.2 Å². The standard InChI is InChI=1S/C16H13O2.Na/c1-17-15-11-7-3-5-9-13(11)16(18-2)14-10-6-4-8-12(14)15;/h3-5,7-10H,1-2H3;. The van der Waals surface area contributed by atoms with Crippen LogP contribution >= 0.6 is 0 Å². The number of hydrogen-bond acceptors (Lipinski definition) is 2. The fraction of sp³-hybridized carbons (Fsp3) is 0.125. The van der Waals surface area contributed by atoms with E-state index < -0.39 is 0 Å². The van der Waals surface area contributed by atoms with Gasteiger partial charge in [-0.3, -0.25) is 0 Å². The third-order valence-electron chi connectivity index (χ3n) is 3.49. The van der Waals surface area contributed by atoms with Gasteiger partial charge in [0.25, 0.3) is 0 Å². The van der Waals surface area contributed by atoms with Crippen LogP contribution in [0.4, 0.5) is 0 Å². The Bertz CT molecular complexity index is 765. The van der Waals surface area contributed by atoms with E-state index in [1.807, 2.05) is 12.1 Å². The van der Waals surface area contributed by atoms with Gasteiger partial charge < -0.3 is 0 Å². The predicted molar refractivity (Wildman–Crippen MR) is 79.9 cm³/mol. The van der Waals surface area contributed by atoms with Crippen LogP contribution < -0.4 is 12.3 Å². The predicted octanol–water partition coefficient (Wildman–Crippen LogP) is 2.80. The Kier molecular flexibility index (Phi) is 3.40. The molecule has 90 valence electrons. The first-order valence-electron chi connectivity index (χ1n) is 6.29. The molecule has 0 aliphatic carbocycles. The van der Waals surface area contributed by atoms with Crippen molar-refractivity contribution in [2.45, 2.75) is 0 Å². The van der Waals surface area contributed by atoms with Crippen molar-refractivity contribution < 1.29 is 9.47 Å². The summed E-state index contributed by atoms with van der Waals surface area (Å²) in [6, 6.07) is 14.7. The molecular weight excluding hydrogens is 247 g/mol. The van der Waals surface area contributed by atoms with E-state index >= 15 is 0 Å². The Morgan fingerprint density at radius 2 is 1.26 bits per heavy atom. The molecule has 0 aromatic heterocycles. The fourth-order valence-corrected chi connectivity index (χ4v) is 3.11. The van der Waals surface area contributed by atoms with E-state index in [4.69, 9.17) is 9.47 Å². The van der Waals surface area contributed by atoms with Crippen LogP contribution in [0.2, 0.25) is 0 Å². The number of rotatable bonds is 2. The number of ether oxygens (including phenoxy) is 2. The Hall–Kier alpha value is -1.22. The minimum atomic E-state index is 0.924. The molecule has 0 heterocycles. The van der Waals surface area contributed by atoms with Crippen LogP contribution in [0.3, 0.4) is 0 Å². The van der Waals surface area contributed by atoms with Crippen molar-refractivity contribution in [3.8, 4) is 11.5 Å². The van der Waals surface area contributed by atoms with E-state index in [1.54, 1.807) is 14.2 Å². The first kappa shape index (κ1) is 12.8. The average Bonchev–Trinajstić information content (AvgIpc) is 2.44. The summed E-state index contributed by atoms with van der Waals surface area (Å²) in [5.74, 6) is 1.86. The van der Waals surface area contributed by atoms with Crippen molar-refractivity contribution in [2.75, 3.05) is 14.2 Å². The molecule has 0 aliphatic rings. The zero-order chi connectivity index (χ0) is 13.4. The maximum absolute atomic E-state index is 5.66. The van der Waals surface area contributed by atoms with Gasteiger partial charge in [-0.1, -0.05) is 0 Å². The molecule has 0 saturated carbocycles. The van der Waals surface area contributed by atoms with Crippen molar-refractivity contribution in [1.29, 1.82) is 0 Å². The van der Waals surface area contributed by atoms with Crippen LogP contribution in [0, 0.1) is 0 Å². The summed E-state index contributed by atoms with van der Waals surface area (Å²) in [6.07, 6.45) is 0. The average molecular weight is 260 g/mol. The van der Waals surface area contributed by atoms with Gasteiger partial charge in [-0.25, -0.2) is 0 Å². The monoisotopic (exact) mass is 260 g/mol. The summed E-state index contributed by atoms with van der Waals surface area (Å²) in [5, 5.41) is 4.43. The zero-order valence-corrected chi connectivity index (χ0v) is 13.4. The van der Waals surface area contributed by atoms with E-state index in [0.717, 1.165) is 61.0 Å². The third kappa shape index (κ3) is 2.00. The van der Waals surface area contributed by atoms with Gasteiger partial charge in [0.15, 0.2) is 0 Å². The van der Waals surface area contributed by atoms with Crippen molar-refractivity contribution in [1.82, 2.24) is 0 Å². The summed E-state index contributed by atoms with van der Waals surface area (Å²) >= 11 is 1.03. The van der Waals surface area contributed by atoms with Gasteiger partial charge in [-0.2, -0.15) is 0 Å². The zero-order valence-electron chi connectivity index (χ0n) is 11.4. The summed E-state index contributed by atoms with van der Waals surface area (Å²) in [4.78, 5) is 0. The van der Waals surface area contributed by atoms with Crippen LogP contribution in [0.5, 0.6) is 11.5 Å². The van der Waals surface area contributed by atoms with E-state index in [9.17, 15) is 0 Å². The molecule has 0 aliphatic heterocycles. The molecule has 0 N–H and O–H groups in total. The van der Waals surface area contributed by atoms with Crippen LogP contribution in [0.1, 0.15) is 0 Å². The Morgan fingerprint density at radius 3 is 1.84 bits per heavy atom. The van der Waals surface area contributed by atoms with Gasteiger partial charge >= 0.3 is 130 Å². The topological polar surface area (TPSA) is 18.5 Å². The van der Waals surface area contributed by atoms with Crippen molar-refractivity contribution in [2.24, 2.45) is 0 Å². The fourth-order valence-electron chi connectivity index (χ4n) is 2.65. The Labute approximate surface area is 129 Å². The van der Waals surface area contributed by atoms with Gasteiger partial charge in [0.1, 0.15) is 0 Å². The molecule has 0 unspecified atom stereocenters. The molecular formula is C16H13NaO2.